The largest absolute Gasteiger partial charge is 0.302 e. The monoisotopic (exact) mass is 282 g/mol. The third kappa shape index (κ3) is 4.43. The zero-order valence-electron chi connectivity index (χ0n) is 12.1. The Morgan fingerprint density at radius 3 is 1.95 bits per heavy atom. The molecule has 21 heavy (non-hydrogen) atoms. The summed E-state index contributed by atoms with van der Waals surface area (Å²) in [4.78, 5) is 12.0. The summed E-state index contributed by atoms with van der Waals surface area (Å²) in [5.74, 6) is 0.328. The van der Waals surface area contributed by atoms with E-state index < -0.39 is 0 Å². The molecule has 0 aromatic heterocycles. The average molecular weight is 282 g/mol. The van der Waals surface area contributed by atoms with Crippen molar-refractivity contribution in [2.75, 3.05) is 14.1 Å². The summed E-state index contributed by atoms with van der Waals surface area (Å²) < 4.78 is 0. The highest BCUT2D eigenvalue weighted by Crippen LogP contribution is 2.01. The van der Waals surface area contributed by atoms with Crippen molar-refractivity contribution in [1.29, 1.82) is 0 Å². The van der Waals surface area contributed by atoms with Crippen LogP contribution in [0.1, 0.15) is 15.9 Å². The molecule has 0 aliphatic heterocycles. The number of benzene rings is 2. The number of hydrazine groups is 1. The molecule has 1 amide bonds. The maximum atomic E-state index is 12.0. The van der Waals surface area contributed by atoms with Gasteiger partial charge in [0.2, 0.25) is 0 Å². The van der Waals surface area contributed by atoms with Crippen LogP contribution in [0.15, 0.2) is 65.8 Å². The maximum Gasteiger partial charge on any atom is 0.271 e. The fourth-order valence-corrected chi connectivity index (χ4v) is 1.72. The van der Waals surface area contributed by atoms with Crippen LogP contribution in [0.2, 0.25) is 0 Å². The van der Waals surface area contributed by atoms with Gasteiger partial charge in [-0.25, -0.2) is 10.4 Å². The third-order valence-corrected chi connectivity index (χ3v) is 2.68. The van der Waals surface area contributed by atoms with Gasteiger partial charge in [0.25, 0.3) is 5.91 Å². The van der Waals surface area contributed by atoms with Crippen LogP contribution < -0.4 is 10.9 Å². The lowest BCUT2D eigenvalue weighted by Crippen LogP contribution is -2.38. The number of hydrazone groups is 1. The molecule has 0 fully saturated rings. The summed E-state index contributed by atoms with van der Waals surface area (Å²) in [6, 6.07) is 18.6. The van der Waals surface area contributed by atoms with Crippen molar-refractivity contribution in [3.05, 3.63) is 71.8 Å². The molecular weight excluding hydrogens is 264 g/mol. The molecule has 2 aromatic carbocycles. The van der Waals surface area contributed by atoms with Crippen molar-refractivity contribution < 1.29 is 4.79 Å². The second-order valence-electron chi connectivity index (χ2n) is 4.64. The van der Waals surface area contributed by atoms with E-state index in [4.69, 9.17) is 0 Å². The number of carbonyl (C=O) groups excluding carboxylic acids is 1. The number of hydrogen-bond acceptors (Lipinski definition) is 3. The van der Waals surface area contributed by atoms with Gasteiger partial charge in [-0.2, -0.15) is 5.10 Å². The number of nitrogens with zero attached hydrogens (tertiary/aromatic N) is 2. The van der Waals surface area contributed by atoms with Crippen LogP contribution in [0.4, 0.5) is 0 Å². The molecule has 2 aromatic rings. The minimum atomic E-state index is -0.246. The smallest absolute Gasteiger partial charge is 0.271 e. The van der Waals surface area contributed by atoms with Gasteiger partial charge in [-0.1, -0.05) is 48.5 Å². The zero-order valence-corrected chi connectivity index (χ0v) is 12.1. The summed E-state index contributed by atoms with van der Waals surface area (Å²) in [5.41, 5.74) is 7.09. The van der Waals surface area contributed by atoms with E-state index in [1.165, 1.54) is 0 Å². The average Bonchev–Trinajstić information content (AvgIpc) is 2.52. The van der Waals surface area contributed by atoms with E-state index in [9.17, 15) is 4.79 Å². The highest BCUT2D eigenvalue weighted by Gasteiger charge is 2.07. The molecule has 5 nitrogen and oxygen atoms in total. The Kier molecular flexibility index (Phi) is 5.06. The van der Waals surface area contributed by atoms with Crippen LogP contribution in [-0.4, -0.2) is 30.8 Å². The molecule has 2 rings (SSSR count). The fraction of sp³-hybridized carbons (Fsp3) is 0.125. The van der Waals surface area contributed by atoms with Gasteiger partial charge in [0.05, 0.1) is 0 Å². The van der Waals surface area contributed by atoms with E-state index in [1.807, 2.05) is 62.6 Å². The molecule has 108 valence electrons. The molecule has 0 heterocycles. The zero-order chi connectivity index (χ0) is 15.1. The van der Waals surface area contributed by atoms with E-state index in [1.54, 1.807) is 17.1 Å². The van der Waals surface area contributed by atoms with Gasteiger partial charge >= 0.3 is 0 Å². The molecule has 0 saturated carbocycles. The van der Waals surface area contributed by atoms with Gasteiger partial charge in [0, 0.05) is 25.2 Å². The van der Waals surface area contributed by atoms with Crippen molar-refractivity contribution in [1.82, 2.24) is 15.9 Å². The third-order valence-electron chi connectivity index (χ3n) is 2.68. The molecule has 0 unspecified atom stereocenters. The van der Waals surface area contributed by atoms with Crippen LogP contribution in [0.3, 0.4) is 0 Å². The summed E-state index contributed by atoms with van der Waals surface area (Å²) in [6.07, 6.45) is 0. The molecule has 0 spiro atoms. The van der Waals surface area contributed by atoms with Crippen LogP contribution in [0.5, 0.6) is 0 Å². The molecule has 0 radical (unpaired) electrons. The molecule has 5 heteroatoms. The quantitative estimate of drug-likeness (QED) is 0.511. The van der Waals surface area contributed by atoms with Gasteiger partial charge in [-0.3, -0.25) is 4.79 Å². The molecule has 0 atom stereocenters. The second-order valence-corrected chi connectivity index (χ2v) is 4.64. The van der Waals surface area contributed by atoms with Gasteiger partial charge in [-0.15, -0.1) is 0 Å². The minimum Gasteiger partial charge on any atom is -0.302 e. The molecule has 2 N–H and O–H groups in total. The Hall–Kier alpha value is -2.66. The van der Waals surface area contributed by atoms with Gasteiger partial charge in [-0.05, 0) is 12.1 Å². The Bertz CT molecular complexity index is 609. The number of hydrogen-bond donors (Lipinski definition) is 2. The second kappa shape index (κ2) is 7.21. The van der Waals surface area contributed by atoms with Gasteiger partial charge in [0.1, 0.15) is 0 Å². The van der Waals surface area contributed by atoms with Crippen molar-refractivity contribution >= 4 is 11.7 Å². The predicted molar refractivity (Wildman–Crippen MR) is 83.7 cm³/mol. The number of nitrogens with one attached hydrogen (secondary N) is 2. The Morgan fingerprint density at radius 2 is 1.43 bits per heavy atom. The number of carbonyl (C=O) groups is 1. The summed E-state index contributed by atoms with van der Waals surface area (Å²) in [6.45, 7) is 0. The van der Waals surface area contributed by atoms with E-state index in [2.05, 4.69) is 16.0 Å². The van der Waals surface area contributed by atoms with Crippen LogP contribution in [0.25, 0.3) is 0 Å². The first-order valence-corrected chi connectivity index (χ1v) is 6.59. The maximum absolute atomic E-state index is 12.0. The van der Waals surface area contributed by atoms with Crippen LogP contribution >= 0.6 is 0 Å². The molecule has 0 aliphatic carbocycles. The van der Waals surface area contributed by atoms with Crippen molar-refractivity contribution in [2.24, 2.45) is 5.10 Å². The van der Waals surface area contributed by atoms with Crippen LogP contribution in [0, 0.1) is 0 Å². The molecule has 0 aliphatic rings. The Balaban J connectivity index is 2.16. The lowest BCUT2D eigenvalue weighted by molar-refractivity contribution is 0.0954. The highest BCUT2D eigenvalue weighted by molar-refractivity contribution is 6.00. The topological polar surface area (TPSA) is 56.7 Å². The Morgan fingerprint density at radius 1 is 0.905 bits per heavy atom. The lowest BCUT2D eigenvalue weighted by Gasteiger charge is -2.15. The van der Waals surface area contributed by atoms with E-state index >= 15 is 0 Å². The van der Waals surface area contributed by atoms with Crippen molar-refractivity contribution in [3.63, 3.8) is 0 Å². The highest BCUT2D eigenvalue weighted by atomic mass is 16.2. The SMILES string of the molecule is CN(C)N/C(=N/NC(=O)c1ccccc1)c1ccccc1. The normalized spacial score (nSPS) is 11.3. The van der Waals surface area contributed by atoms with Crippen LogP contribution in [-0.2, 0) is 0 Å². The van der Waals surface area contributed by atoms with Gasteiger partial charge < -0.3 is 5.43 Å². The van der Waals surface area contributed by atoms with E-state index in [0.717, 1.165) is 5.56 Å². The standard InChI is InChI=1S/C16H18N4O/c1-20(2)19-15(13-9-5-3-6-10-13)17-18-16(21)14-11-7-4-8-12-14/h3-12H,1-2H3,(H,17,19)(H,18,21). The summed E-state index contributed by atoms with van der Waals surface area (Å²) >= 11 is 0. The van der Waals surface area contributed by atoms with Crippen molar-refractivity contribution in [3.8, 4) is 0 Å². The first kappa shape index (κ1) is 14.7. The number of rotatable bonds is 4. The van der Waals surface area contributed by atoms with E-state index in [0.29, 0.717) is 11.4 Å². The first-order valence-electron chi connectivity index (χ1n) is 6.59. The Labute approximate surface area is 124 Å². The molecule has 0 bridgehead atoms. The van der Waals surface area contributed by atoms with Gasteiger partial charge in [0.15, 0.2) is 5.84 Å². The summed E-state index contributed by atoms with van der Waals surface area (Å²) in [5, 5.41) is 5.94. The number of amidine groups is 1. The molecule has 0 saturated heterocycles. The molecular formula is C16H18N4O. The first-order chi connectivity index (χ1) is 10.2. The predicted octanol–water partition coefficient (Wildman–Crippen LogP) is 1.84. The minimum absolute atomic E-state index is 0.246. The summed E-state index contributed by atoms with van der Waals surface area (Å²) in [7, 11) is 3.72. The number of amides is 1. The lowest BCUT2D eigenvalue weighted by atomic mass is 10.2. The van der Waals surface area contributed by atoms with Crippen molar-refractivity contribution in [2.45, 2.75) is 0 Å². The fourth-order valence-electron chi connectivity index (χ4n) is 1.72. The van der Waals surface area contributed by atoms with E-state index in [-0.39, 0.29) is 5.91 Å².